The van der Waals surface area contributed by atoms with Gasteiger partial charge in [-0.05, 0) is 25.1 Å². The van der Waals surface area contributed by atoms with Gasteiger partial charge in [-0.15, -0.1) is 0 Å². The lowest BCUT2D eigenvalue weighted by Crippen LogP contribution is -2.12. The van der Waals surface area contributed by atoms with Crippen molar-refractivity contribution in [3.05, 3.63) is 42.0 Å². The number of pyridine rings is 1. The number of aliphatic hydroxyl groups is 1. The van der Waals surface area contributed by atoms with Gasteiger partial charge in [-0.25, -0.2) is 8.42 Å². The molecule has 6 nitrogen and oxygen atoms in total. The number of hydrogen-bond donors (Lipinski definition) is 2. The van der Waals surface area contributed by atoms with Gasteiger partial charge < -0.3 is 9.67 Å². The van der Waals surface area contributed by atoms with Crippen LogP contribution in [0.2, 0.25) is 0 Å². The molecule has 0 aliphatic carbocycles. The molecule has 19 heavy (non-hydrogen) atoms. The monoisotopic (exact) mass is 281 g/mol. The van der Waals surface area contributed by atoms with Crippen molar-refractivity contribution < 1.29 is 13.5 Å². The van der Waals surface area contributed by atoms with Crippen LogP contribution in [0.25, 0.3) is 0 Å². The van der Waals surface area contributed by atoms with Crippen LogP contribution in [0.4, 0.5) is 5.69 Å². The third-order valence-electron chi connectivity index (χ3n) is 2.72. The van der Waals surface area contributed by atoms with Crippen LogP contribution in [0.3, 0.4) is 0 Å². The quantitative estimate of drug-likeness (QED) is 0.876. The molecule has 0 fully saturated rings. The Hall–Kier alpha value is -1.86. The fraction of sp³-hybridized carbons (Fsp3) is 0.250. The summed E-state index contributed by atoms with van der Waals surface area (Å²) in [4.78, 5) is 4.13. The number of nitrogens with zero attached hydrogens (tertiary/aromatic N) is 2. The van der Waals surface area contributed by atoms with E-state index in [0.29, 0.717) is 11.4 Å². The summed E-state index contributed by atoms with van der Waals surface area (Å²) in [5.74, 6) is 0. The highest BCUT2D eigenvalue weighted by Gasteiger charge is 2.17. The molecular weight excluding hydrogens is 266 g/mol. The van der Waals surface area contributed by atoms with Gasteiger partial charge in [0.25, 0.3) is 10.0 Å². The summed E-state index contributed by atoms with van der Waals surface area (Å²) in [6, 6.07) is 4.81. The van der Waals surface area contributed by atoms with Crippen LogP contribution in [-0.2, 0) is 23.7 Å². The summed E-state index contributed by atoms with van der Waals surface area (Å²) in [6.07, 6.45) is 2.91. The van der Waals surface area contributed by atoms with Crippen molar-refractivity contribution in [2.75, 3.05) is 4.72 Å². The number of sulfonamides is 1. The molecule has 7 heteroatoms. The zero-order valence-electron chi connectivity index (χ0n) is 10.7. The second-order valence-corrected chi connectivity index (χ2v) is 5.91. The number of aliphatic hydroxyl groups excluding tert-OH is 1. The first-order chi connectivity index (χ1) is 8.92. The maximum Gasteiger partial charge on any atom is 0.263 e. The Balaban J connectivity index is 2.29. The summed E-state index contributed by atoms with van der Waals surface area (Å²) >= 11 is 0. The lowest BCUT2D eigenvalue weighted by Gasteiger charge is -2.05. The first kappa shape index (κ1) is 13.6. The Kier molecular flexibility index (Phi) is 3.59. The smallest absolute Gasteiger partial charge is 0.263 e. The van der Waals surface area contributed by atoms with Gasteiger partial charge in [0.15, 0.2) is 0 Å². The van der Waals surface area contributed by atoms with Crippen molar-refractivity contribution in [2.45, 2.75) is 18.4 Å². The molecule has 102 valence electrons. The lowest BCUT2D eigenvalue weighted by molar-refractivity contribution is 0.272. The third kappa shape index (κ3) is 2.94. The van der Waals surface area contributed by atoms with Crippen LogP contribution in [-0.4, -0.2) is 23.1 Å². The molecule has 0 aromatic carbocycles. The molecule has 0 saturated carbocycles. The predicted octanol–water partition coefficient (Wildman–Crippen LogP) is 1.02. The molecule has 0 aliphatic rings. The van der Waals surface area contributed by atoms with Crippen LogP contribution in [0.15, 0.2) is 35.5 Å². The highest BCUT2D eigenvalue weighted by molar-refractivity contribution is 7.92. The number of rotatable bonds is 4. The van der Waals surface area contributed by atoms with Crippen molar-refractivity contribution in [3.63, 3.8) is 0 Å². The molecule has 0 unspecified atom stereocenters. The van der Waals surface area contributed by atoms with Crippen molar-refractivity contribution in [1.82, 2.24) is 9.55 Å². The van der Waals surface area contributed by atoms with Crippen molar-refractivity contribution in [1.29, 1.82) is 0 Å². The van der Waals surface area contributed by atoms with E-state index >= 15 is 0 Å². The van der Waals surface area contributed by atoms with E-state index in [-0.39, 0.29) is 11.5 Å². The fourth-order valence-electron chi connectivity index (χ4n) is 1.62. The first-order valence-corrected chi connectivity index (χ1v) is 7.12. The molecule has 0 spiro atoms. The van der Waals surface area contributed by atoms with Gasteiger partial charge in [0, 0.05) is 24.6 Å². The number of hydrogen-bond acceptors (Lipinski definition) is 4. The summed E-state index contributed by atoms with van der Waals surface area (Å²) in [5, 5.41) is 9.07. The molecule has 0 radical (unpaired) electrons. The van der Waals surface area contributed by atoms with E-state index < -0.39 is 10.0 Å². The molecule has 2 aromatic rings. The number of anilines is 1. The maximum absolute atomic E-state index is 12.1. The minimum Gasteiger partial charge on any atom is -0.390 e. The van der Waals surface area contributed by atoms with Gasteiger partial charge in [-0.2, -0.15) is 0 Å². The lowest BCUT2D eigenvalue weighted by atomic mass is 10.4. The van der Waals surface area contributed by atoms with E-state index in [2.05, 4.69) is 9.71 Å². The molecule has 0 saturated heterocycles. The molecule has 0 amide bonds. The van der Waals surface area contributed by atoms with Crippen LogP contribution in [0.5, 0.6) is 0 Å². The predicted molar refractivity (Wildman–Crippen MR) is 71.1 cm³/mol. The van der Waals surface area contributed by atoms with Crippen LogP contribution < -0.4 is 4.72 Å². The second kappa shape index (κ2) is 5.02. The minimum absolute atomic E-state index is 0.111. The van der Waals surface area contributed by atoms with E-state index in [4.69, 9.17) is 5.11 Å². The Morgan fingerprint density at radius 1 is 1.42 bits per heavy atom. The average molecular weight is 281 g/mol. The van der Waals surface area contributed by atoms with Crippen LogP contribution in [0, 0.1) is 6.92 Å². The highest BCUT2D eigenvalue weighted by Crippen LogP contribution is 2.17. The normalized spacial score (nSPS) is 11.5. The van der Waals surface area contributed by atoms with E-state index in [1.165, 1.54) is 18.5 Å². The number of nitrogens with one attached hydrogen (secondary N) is 1. The van der Waals surface area contributed by atoms with Gasteiger partial charge in [-0.3, -0.25) is 9.71 Å². The second-order valence-electron chi connectivity index (χ2n) is 4.23. The van der Waals surface area contributed by atoms with Crippen LogP contribution in [0.1, 0.15) is 11.4 Å². The minimum atomic E-state index is -3.66. The first-order valence-electron chi connectivity index (χ1n) is 5.64. The summed E-state index contributed by atoms with van der Waals surface area (Å²) in [6.45, 7) is 1.61. The number of aryl methyl sites for hydroxylation is 2. The summed E-state index contributed by atoms with van der Waals surface area (Å²) < 4.78 is 28.3. The molecule has 0 atom stereocenters. The van der Waals surface area contributed by atoms with E-state index in [9.17, 15) is 8.42 Å². The molecular formula is C12H15N3O3S. The summed E-state index contributed by atoms with van der Waals surface area (Å²) in [7, 11) is -1.98. The third-order valence-corrected chi connectivity index (χ3v) is 4.07. The zero-order valence-corrected chi connectivity index (χ0v) is 11.5. The highest BCUT2D eigenvalue weighted by atomic mass is 32.2. The van der Waals surface area contributed by atoms with Gasteiger partial charge in [0.1, 0.15) is 4.90 Å². The van der Waals surface area contributed by atoms with E-state index in [1.54, 1.807) is 23.7 Å². The van der Waals surface area contributed by atoms with Crippen molar-refractivity contribution in [3.8, 4) is 0 Å². The Bertz CT molecular complexity index is 675. The zero-order chi connectivity index (χ0) is 14.0. The van der Waals surface area contributed by atoms with Gasteiger partial charge >= 0.3 is 0 Å². The molecule has 0 aliphatic heterocycles. The number of aromatic nitrogens is 2. The van der Waals surface area contributed by atoms with Gasteiger partial charge in [0.05, 0.1) is 18.5 Å². The largest absolute Gasteiger partial charge is 0.390 e. The SMILES string of the molecule is Cc1ccc(NS(=O)(=O)c2cc(CO)n(C)c2)cn1. The van der Waals surface area contributed by atoms with E-state index in [0.717, 1.165) is 5.69 Å². The van der Waals surface area contributed by atoms with Crippen molar-refractivity contribution in [2.24, 2.45) is 7.05 Å². The molecule has 2 rings (SSSR count). The Morgan fingerprint density at radius 2 is 2.16 bits per heavy atom. The average Bonchev–Trinajstić information content (AvgIpc) is 2.74. The van der Waals surface area contributed by atoms with Gasteiger partial charge in [0.2, 0.25) is 0 Å². The molecule has 2 aromatic heterocycles. The Morgan fingerprint density at radius 3 is 2.68 bits per heavy atom. The van der Waals surface area contributed by atoms with Crippen molar-refractivity contribution >= 4 is 15.7 Å². The molecule has 2 heterocycles. The topological polar surface area (TPSA) is 84.2 Å². The standard InChI is InChI=1S/C12H15N3O3S/c1-9-3-4-10(6-13-9)14-19(17,18)12-5-11(8-16)15(2)7-12/h3-7,14,16H,8H2,1-2H3. The maximum atomic E-state index is 12.1. The molecule has 0 bridgehead atoms. The van der Waals surface area contributed by atoms with Gasteiger partial charge in [-0.1, -0.05) is 0 Å². The fourth-order valence-corrected chi connectivity index (χ4v) is 2.76. The summed E-state index contributed by atoms with van der Waals surface area (Å²) in [5.41, 5.74) is 1.74. The van der Waals surface area contributed by atoms with E-state index in [1.807, 2.05) is 6.92 Å². The van der Waals surface area contributed by atoms with Crippen LogP contribution >= 0.6 is 0 Å². The Labute approximate surface area is 111 Å². The molecule has 2 N–H and O–H groups in total.